The molecule has 0 unspecified atom stereocenters. The lowest BCUT2D eigenvalue weighted by molar-refractivity contribution is 0.183. The highest BCUT2D eigenvalue weighted by Crippen LogP contribution is 2.24. The lowest BCUT2D eigenvalue weighted by Crippen LogP contribution is -2.02. The molecule has 4 aromatic heterocycles. The molecule has 4 aromatic rings. The van der Waals surface area contributed by atoms with E-state index in [4.69, 9.17) is 9.47 Å². The number of hydrogen-bond acceptors (Lipinski definition) is 6. The molecule has 0 fully saturated rings. The summed E-state index contributed by atoms with van der Waals surface area (Å²) < 4.78 is 10.5. The van der Waals surface area contributed by atoms with Crippen molar-refractivity contribution in [2.75, 3.05) is 14.2 Å². The molecule has 0 radical (unpaired) electrons. The Morgan fingerprint density at radius 2 is 1.17 bits per heavy atom. The maximum atomic E-state index is 5.31. The minimum atomic E-state index is 0.669. The van der Waals surface area contributed by atoms with Crippen LogP contribution >= 0.6 is 0 Å². The third-order valence-electron chi connectivity index (χ3n) is 8.29. The molecule has 0 atom stereocenters. The van der Waals surface area contributed by atoms with Gasteiger partial charge in [-0.05, 0) is 126 Å². The molecule has 6 nitrogen and oxygen atoms in total. The molecule has 0 saturated heterocycles. The second-order valence-corrected chi connectivity index (χ2v) is 11.8. The van der Waals surface area contributed by atoms with Gasteiger partial charge in [0.2, 0.25) is 0 Å². The Balaban J connectivity index is 0.000000314. The van der Waals surface area contributed by atoms with Gasteiger partial charge >= 0.3 is 0 Å². The van der Waals surface area contributed by atoms with Crippen LogP contribution in [-0.4, -0.2) is 34.2 Å². The predicted molar refractivity (Wildman–Crippen MR) is 199 cm³/mol. The second-order valence-electron chi connectivity index (χ2n) is 11.8. The van der Waals surface area contributed by atoms with Gasteiger partial charge in [-0.2, -0.15) is 0 Å². The number of pyridine rings is 4. The zero-order valence-corrected chi connectivity index (χ0v) is 32.0. The molecule has 258 valence electrons. The van der Waals surface area contributed by atoms with Crippen LogP contribution in [0, 0.1) is 41.5 Å². The average molecular weight is 643 g/mol. The highest BCUT2D eigenvalue weighted by Gasteiger charge is 2.08. The van der Waals surface area contributed by atoms with E-state index in [-0.39, 0.29) is 0 Å². The van der Waals surface area contributed by atoms with Gasteiger partial charge in [0.1, 0.15) is 5.75 Å². The summed E-state index contributed by atoms with van der Waals surface area (Å²) in [5, 5.41) is 0. The fourth-order valence-electron chi connectivity index (χ4n) is 5.50. The Morgan fingerprint density at radius 3 is 1.64 bits per heavy atom. The summed E-state index contributed by atoms with van der Waals surface area (Å²) >= 11 is 0. The first-order chi connectivity index (χ1) is 22.4. The van der Waals surface area contributed by atoms with Crippen molar-refractivity contribution in [1.82, 2.24) is 19.9 Å². The number of nitrogens with zero attached hydrogens (tertiary/aromatic N) is 4. The molecule has 47 heavy (non-hydrogen) atoms. The highest BCUT2D eigenvalue weighted by atomic mass is 16.5. The van der Waals surface area contributed by atoms with E-state index >= 15 is 0 Å². The minimum absolute atomic E-state index is 0.669. The van der Waals surface area contributed by atoms with Gasteiger partial charge in [-0.1, -0.05) is 41.5 Å². The fourth-order valence-corrected chi connectivity index (χ4v) is 5.50. The lowest BCUT2D eigenvalue weighted by Gasteiger charge is -2.10. The molecule has 0 spiro atoms. The minimum Gasteiger partial charge on any atom is -0.496 e. The molecule has 0 aliphatic heterocycles. The molecule has 0 aromatic carbocycles. The summed E-state index contributed by atoms with van der Waals surface area (Å²) in [6.45, 7) is 26.0. The Kier molecular flexibility index (Phi) is 19.4. The number of aromatic nitrogens is 4. The zero-order valence-electron chi connectivity index (χ0n) is 32.0. The molecule has 0 N–H and O–H groups in total. The quantitative estimate of drug-likeness (QED) is 0.181. The topological polar surface area (TPSA) is 70.0 Å². The lowest BCUT2D eigenvalue weighted by atomic mass is 10.0. The van der Waals surface area contributed by atoms with Crippen molar-refractivity contribution in [2.24, 2.45) is 0 Å². The van der Waals surface area contributed by atoms with Crippen LogP contribution in [0.2, 0.25) is 0 Å². The van der Waals surface area contributed by atoms with E-state index in [0.717, 1.165) is 66.9 Å². The van der Waals surface area contributed by atoms with E-state index in [1.54, 1.807) is 14.2 Å². The summed E-state index contributed by atoms with van der Waals surface area (Å²) in [7, 11) is 3.43. The van der Waals surface area contributed by atoms with Crippen LogP contribution in [0.15, 0.2) is 36.8 Å². The third-order valence-corrected chi connectivity index (χ3v) is 8.29. The fraction of sp³-hybridized carbons (Fsp3) is 0.512. The standard InChI is InChI=1S/C11H17NO.C10H15NO.2C10H15N/c1-5-10-6-8(2)12-9(3)11(10)7-13-4;1-5-9-6-11-8(3)7(2)10(9)12-4;1-4-9-7-11-6-8(3)10(9)5-2;1-4-9-6-8(3)7-10(5-2)11-9/h6H,5,7H2,1-4H3;6H,5H2,1-4H3;2*6-7H,4-5H2,1-3H3. The summed E-state index contributed by atoms with van der Waals surface area (Å²) in [6.07, 6.45) is 12.1. The number of rotatable bonds is 9. The monoisotopic (exact) mass is 642 g/mol. The molecule has 4 heterocycles. The van der Waals surface area contributed by atoms with E-state index in [0.29, 0.717) is 6.61 Å². The van der Waals surface area contributed by atoms with Crippen LogP contribution in [-0.2, 0) is 49.9 Å². The number of aryl methyl sites for hydroxylation is 10. The third kappa shape index (κ3) is 13.2. The first-order valence-corrected chi connectivity index (χ1v) is 17.3. The van der Waals surface area contributed by atoms with Gasteiger partial charge in [0, 0.05) is 70.9 Å². The van der Waals surface area contributed by atoms with Crippen LogP contribution < -0.4 is 4.74 Å². The molecular formula is C41H62N4O2. The van der Waals surface area contributed by atoms with Crippen molar-refractivity contribution in [3.8, 4) is 5.75 Å². The Hall–Kier alpha value is -3.64. The van der Waals surface area contributed by atoms with Crippen LogP contribution in [0.1, 0.15) is 115 Å². The molecule has 0 aliphatic carbocycles. The smallest absolute Gasteiger partial charge is 0.128 e. The van der Waals surface area contributed by atoms with Gasteiger partial charge in [-0.25, -0.2) is 0 Å². The molecule has 0 bridgehead atoms. The number of ether oxygens (including phenoxy) is 2. The van der Waals surface area contributed by atoms with Crippen molar-refractivity contribution in [2.45, 2.75) is 128 Å². The normalized spacial score (nSPS) is 10.2. The summed E-state index contributed by atoms with van der Waals surface area (Å²) in [4.78, 5) is 17.3. The molecule has 6 heteroatoms. The molecule has 0 amide bonds. The zero-order chi connectivity index (χ0) is 35.5. The molecule has 0 saturated carbocycles. The van der Waals surface area contributed by atoms with E-state index < -0.39 is 0 Å². The van der Waals surface area contributed by atoms with Crippen molar-refractivity contribution < 1.29 is 9.47 Å². The number of hydrogen-bond donors (Lipinski definition) is 0. The van der Waals surface area contributed by atoms with E-state index in [1.165, 1.54) is 50.3 Å². The summed E-state index contributed by atoms with van der Waals surface area (Å²) in [6, 6.07) is 6.44. The maximum Gasteiger partial charge on any atom is 0.128 e. The van der Waals surface area contributed by atoms with Crippen LogP contribution in [0.25, 0.3) is 0 Å². The summed E-state index contributed by atoms with van der Waals surface area (Å²) in [5.74, 6) is 0.991. The Morgan fingerprint density at radius 1 is 0.574 bits per heavy atom. The molecule has 0 aliphatic rings. The largest absolute Gasteiger partial charge is 0.496 e. The van der Waals surface area contributed by atoms with Crippen molar-refractivity contribution in [3.63, 3.8) is 0 Å². The predicted octanol–water partition coefficient (Wildman–Crippen LogP) is 9.71. The maximum absolute atomic E-state index is 5.31. The van der Waals surface area contributed by atoms with Gasteiger partial charge in [0.25, 0.3) is 0 Å². The SMILES string of the molecule is CCc1cc(C)cc(CC)n1.CCc1cc(C)nc(C)c1COC.CCc1cnc(C)c(C)c1OC.CCc1cncc(C)c1CC. The summed E-state index contributed by atoms with van der Waals surface area (Å²) in [5.41, 5.74) is 16.1. The molecule has 4 rings (SSSR count). The van der Waals surface area contributed by atoms with Crippen molar-refractivity contribution in [3.05, 3.63) is 110 Å². The van der Waals surface area contributed by atoms with E-state index in [1.807, 2.05) is 46.3 Å². The Bertz CT molecular complexity index is 1490. The van der Waals surface area contributed by atoms with Crippen LogP contribution in [0.3, 0.4) is 0 Å². The first kappa shape index (κ1) is 41.4. The van der Waals surface area contributed by atoms with Crippen molar-refractivity contribution in [1.29, 1.82) is 0 Å². The van der Waals surface area contributed by atoms with Gasteiger partial charge in [0.15, 0.2) is 0 Å². The van der Waals surface area contributed by atoms with Crippen LogP contribution in [0.4, 0.5) is 0 Å². The van der Waals surface area contributed by atoms with E-state index in [2.05, 4.69) is 93.5 Å². The molecular weight excluding hydrogens is 580 g/mol. The van der Waals surface area contributed by atoms with Gasteiger partial charge in [-0.3, -0.25) is 19.9 Å². The van der Waals surface area contributed by atoms with Gasteiger partial charge in [-0.15, -0.1) is 0 Å². The first-order valence-electron chi connectivity index (χ1n) is 17.3. The number of methoxy groups -OCH3 is 2. The van der Waals surface area contributed by atoms with Crippen LogP contribution in [0.5, 0.6) is 5.75 Å². The van der Waals surface area contributed by atoms with E-state index in [9.17, 15) is 0 Å². The van der Waals surface area contributed by atoms with Gasteiger partial charge in [0.05, 0.1) is 13.7 Å². The second kappa shape index (κ2) is 22.0. The average Bonchev–Trinajstić information content (AvgIpc) is 3.07. The Labute approximate surface area is 286 Å². The van der Waals surface area contributed by atoms with Crippen molar-refractivity contribution >= 4 is 0 Å². The van der Waals surface area contributed by atoms with Gasteiger partial charge < -0.3 is 9.47 Å². The highest BCUT2D eigenvalue weighted by molar-refractivity contribution is 5.41.